The molecule has 5 heteroatoms. The minimum absolute atomic E-state index is 0.0172. The number of aromatic nitrogens is 1. The Labute approximate surface area is 142 Å². The summed E-state index contributed by atoms with van der Waals surface area (Å²) < 4.78 is 12.2. The van der Waals surface area contributed by atoms with Gasteiger partial charge < -0.3 is 14.3 Å². The van der Waals surface area contributed by atoms with Crippen LogP contribution in [0.2, 0.25) is 13.1 Å². The van der Waals surface area contributed by atoms with E-state index in [1.165, 1.54) is 0 Å². The van der Waals surface area contributed by atoms with E-state index < -0.39 is 15.1 Å². The predicted molar refractivity (Wildman–Crippen MR) is 94.9 cm³/mol. The molecule has 4 atom stereocenters. The molecule has 0 aromatic carbocycles. The second-order valence-electron chi connectivity index (χ2n) is 8.01. The van der Waals surface area contributed by atoms with Crippen molar-refractivity contribution < 1.29 is 14.3 Å². The van der Waals surface area contributed by atoms with Crippen LogP contribution in [0.4, 0.5) is 0 Å². The highest BCUT2D eigenvalue weighted by Gasteiger charge is 2.43. The van der Waals surface area contributed by atoms with Crippen LogP contribution in [0.1, 0.15) is 45.3 Å². The Morgan fingerprint density at radius 1 is 1.43 bits per heavy atom. The van der Waals surface area contributed by atoms with Crippen LogP contribution in [0.15, 0.2) is 24.5 Å². The lowest BCUT2D eigenvalue weighted by Crippen LogP contribution is -2.37. The third-order valence-corrected chi connectivity index (χ3v) is 5.20. The normalized spacial score (nSPS) is 26.7. The van der Waals surface area contributed by atoms with E-state index in [9.17, 15) is 5.11 Å². The molecule has 0 bridgehead atoms. The van der Waals surface area contributed by atoms with Gasteiger partial charge in [-0.15, -0.1) is 0 Å². The molecule has 2 heterocycles. The minimum Gasteiger partial charge on any atom is -0.417 e. The van der Waals surface area contributed by atoms with E-state index in [1.807, 2.05) is 18.3 Å². The van der Waals surface area contributed by atoms with Gasteiger partial charge in [0, 0.05) is 18.3 Å². The molecule has 1 saturated heterocycles. The van der Waals surface area contributed by atoms with E-state index in [4.69, 9.17) is 9.16 Å². The van der Waals surface area contributed by atoms with Gasteiger partial charge in [-0.1, -0.05) is 26.8 Å². The standard InChI is InChI=1S/C18H31NO3Si/c1-18(2,3)9-8-15(22-23(4)5)16-14(20)12-21-17(16)13-7-6-10-19-11-13/h6-7,10-11,14-17,20,23H,8-9,12H2,1-5H3/t14-,15?,16+,17+/m1/s1. The molecule has 0 saturated carbocycles. The fraction of sp³-hybridized carbons (Fsp3) is 0.722. The predicted octanol–water partition coefficient (Wildman–Crippen LogP) is 3.32. The Morgan fingerprint density at radius 3 is 2.74 bits per heavy atom. The summed E-state index contributed by atoms with van der Waals surface area (Å²) in [5.74, 6) is -0.0172. The number of nitrogens with zero attached hydrogens (tertiary/aromatic N) is 1. The van der Waals surface area contributed by atoms with Gasteiger partial charge in [0.1, 0.15) is 0 Å². The van der Waals surface area contributed by atoms with Crippen LogP contribution >= 0.6 is 0 Å². The number of pyridine rings is 1. The molecule has 1 fully saturated rings. The highest BCUT2D eigenvalue weighted by atomic mass is 28.3. The van der Waals surface area contributed by atoms with Crippen molar-refractivity contribution in [1.82, 2.24) is 4.98 Å². The van der Waals surface area contributed by atoms with E-state index in [2.05, 4.69) is 38.8 Å². The molecule has 1 aliphatic rings. The number of aliphatic hydroxyl groups is 1. The summed E-state index contributed by atoms with van der Waals surface area (Å²) in [6, 6.07) is 3.94. The molecule has 1 aromatic heterocycles. The van der Waals surface area contributed by atoms with Gasteiger partial charge in [0.15, 0.2) is 9.04 Å². The molecule has 1 aromatic rings. The molecule has 0 spiro atoms. The number of rotatable bonds is 6. The molecular weight excluding hydrogens is 306 g/mol. The van der Waals surface area contributed by atoms with Crippen molar-refractivity contribution in [2.75, 3.05) is 6.61 Å². The highest BCUT2D eigenvalue weighted by molar-refractivity contribution is 6.48. The summed E-state index contributed by atoms with van der Waals surface area (Å²) in [5, 5.41) is 10.5. The van der Waals surface area contributed by atoms with Gasteiger partial charge in [0.05, 0.1) is 24.9 Å². The summed E-state index contributed by atoms with van der Waals surface area (Å²) in [6.07, 6.45) is 5.07. The smallest absolute Gasteiger partial charge is 0.171 e. The zero-order valence-electron chi connectivity index (χ0n) is 15.0. The van der Waals surface area contributed by atoms with E-state index in [1.54, 1.807) is 6.20 Å². The van der Waals surface area contributed by atoms with Crippen molar-refractivity contribution in [1.29, 1.82) is 0 Å². The van der Waals surface area contributed by atoms with Crippen molar-refractivity contribution in [2.24, 2.45) is 11.3 Å². The lowest BCUT2D eigenvalue weighted by Gasteiger charge is -2.33. The Kier molecular flexibility index (Phi) is 6.37. The minimum atomic E-state index is -1.20. The number of hydrogen-bond acceptors (Lipinski definition) is 4. The Hall–Kier alpha value is -0.753. The first-order valence-electron chi connectivity index (χ1n) is 8.63. The van der Waals surface area contributed by atoms with Crippen molar-refractivity contribution >= 4 is 9.04 Å². The van der Waals surface area contributed by atoms with Gasteiger partial charge in [-0.25, -0.2) is 0 Å². The molecule has 23 heavy (non-hydrogen) atoms. The Morgan fingerprint density at radius 2 is 2.17 bits per heavy atom. The summed E-state index contributed by atoms with van der Waals surface area (Å²) >= 11 is 0. The average molecular weight is 338 g/mol. The van der Waals surface area contributed by atoms with Crippen molar-refractivity contribution in [3.05, 3.63) is 30.1 Å². The maximum absolute atomic E-state index is 10.5. The lowest BCUT2D eigenvalue weighted by molar-refractivity contribution is 0.0175. The van der Waals surface area contributed by atoms with E-state index in [0.717, 1.165) is 18.4 Å². The van der Waals surface area contributed by atoms with Gasteiger partial charge in [-0.05, 0) is 43.0 Å². The van der Waals surface area contributed by atoms with Crippen LogP contribution in [-0.4, -0.2) is 37.9 Å². The molecule has 0 amide bonds. The lowest BCUT2D eigenvalue weighted by atomic mass is 9.82. The molecular formula is C18H31NO3Si. The fourth-order valence-corrected chi connectivity index (χ4v) is 4.22. The Bertz CT molecular complexity index is 475. The van der Waals surface area contributed by atoms with Crippen LogP contribution in [0, 0.1) is 11.3 Å². The fourth-order valence-electron chi connectivity index (χ4n) is 3.21. The summed E-state index contributed by atoms with van der Waals surface area (Å²) in [6.45, 7) is 11.5. The third-order valence-electron chi connectivity index (χ3n) is 4.31. The average Bonchev–Trinajstić information content (AvgIpc) is 2.85. The maximum atomic E-state index is 10.5. The molecule has 1 N–H and O–H groups in total. The zero-order chi connectivity index (χ0) is 17.0. The van der Waals surface area contributed by atoms with Gasteiger partial charge in [-0.3, -0.25) is 4.98 Å². The van der Waals surface area contributed by atoms with Gasteiger partial charge in [-0.2, -0.15) is 0 Å². The molecule has 130 valence electrons. The monoisotopic (exact) mass is 337 g/mol. The number of hydrogen-bond donors (Lipinski definition) is 1. The van der Waals surface area contributed by atoms with Crippen LogP contribution in [0.25, 0.3) is 0 Å². The summed E-state index contributed by atoms with van der Waals surface area (Å²) in [5.41, 5.74) is 1.29. The first kappa shape index (κ1) is 18.6. The van der Waals surface area contributed by atoms with E-state index in [0.29, 0.717) is 6.61 Å². The third kappa shape index (κ3) is 5.38. The van der Waals surface area contributed by atoms with Crippen molar-refractivity contribution in [2.45, 2.75) is 65.0 Å². The second kappa shape index (κ2) is 7.88. The first-order chi connectivity index (χ1) is 10.8. The SMILES string of the molecule is C[SiH](C)OC(CCC(C)(C)C)[C@@H]1[C@H](O)CO[C@H]1c1cccnc1. The van der Waals surface area contributed by atoms with Crippen molar-refractivity contribution in [3.8, 4) is 0 Å². The van der Waals surface area contributed by atoms with E-state index in [-0.39, 0.29) is 23.5 Å². The molecule has 1 aliphatic heterocycles. The van der Waals surface area contributed by atoms with Gasteiger partial charge in [0.25, 0.3) is 0 Å². The maximum Gasteiger partial charge on any atom is 0.171 e. The molecule has 1 unspecified atom stereocenters. The molecule has 0 aliphatic carbocycles. The van der Waals surface area contributed by atoms with Gasteiger partial charge in [0.2, 0.25) is 0 Å². The molecule has 0 radical (unpaired) electrons. The van der Waals surface area contributed by atoms with Crippen LogP contribution < -0.4 is 0 Å². The first-order valence-corrected chi connectivity index (χ1v) is 11.4. The second-order valence-corrected chi connectivity index (χ2v) is 10.4. The highest BCUT2D eigenvalue weighted by Crippen LogP contribution is 2.40. The van der Waals surface area contributed by atoms with Crippen LogP contribution in [0.5, 0.6) is 0 Å². The summed E-state index contributed by atoms with van der Waals surface area (Å²) in [7, 11) is -1.20. The molecule has 2 rings (SSSR count). The number of ether oxygens (including phenoxy) is 1. The Balaban J connectivity index is 2.19. The summed E-state index contributed by atoms with van der Waals surface area (Å²) in [4.78, 5) is 4.20. The van der Waals surface area contributed by atoms with Crippen LogP contribution in [-0.2, 0) is 9.16 Å². The van der Waals surface area contributed by atoms with Crippen LogP contribution in [0.3, 0.4) is 0 Å². The topological polar surface area (TPSA) is 51.6 Å². The quantitative estimate of drug-likeness (QED) is 0.809. The zero-order valence-corrected chi connectivity index (χ0v) is 16.2. The van der Waals surface area contributed by atoms with Crippen molar-refractivity contribution in [3.63, 3.8) is 0 Å². The molecule has 4 nitrogen and oxygen atoms in total. The number of aliphatic hydroxyl groups excluding tert-OH is 1. The van der Waals surface area contributed by atoms with E-state index >= 15 is 0 Å². The largest absolute Gasteiger partial charge is 0.417 e. The van der Waals surface area contributed by atoms with Gasteiger partial charge >= 0.3 is 0 Å².